The Kier molecular flexibility index (Phi) is 6.60. The third kappa shape index (κ3) is 4.97. The summed E-state index contributed by atoms with van der Waals surface area (Å²) in [4.78, 5) is 19.7. The van der Waals surface area contributed by atoms with Crippen molar-refractivity contribution in [3.05, 3.63) is 88.0 Å². The van der Waals surface area contributed by atoms with E-state index in [9.17, 15) is 4.79 Å². The van der Waals surface area contributed by atoms with Gasteiger partial charge in [-0.3, -0.25) is 9.78 Å². The quantitative estimate of drug-likeness (QED) is 0.490. The lowest BCUT2D eigenvalue weighted by atomic mass is 10.0. The molecule has 1 aliphatic heterocycles. The number of aryl methyl sites for hydroxylation is 1. The molecular weight excluding hydrogens is 440 g/mol. The molecule has 2 aromatic carbocycles. The van der Waals surface area contributed by atoms with Gasteiger partial charge in [0.05, 0.1) is 29.7 Å². The monoisotopic (exact) mass is 464 g/mol. The maximum atomic E-state index is 13.0. The van der Waals surface area contributed by atoms with Crippen LogP contribution in [0.4, 0.5) is 0 Å². The molecule has 1 aromatic heterocycles. The second-order valence-electron chi connectivity index (χ2n) is 7.63. The molecule has 1 aliphatic rings. The lowest BCUT2D eigenvalue weighted by molar-refractivity contribution is -0.000402. The number of carbonyl (C=O) groups is 1. The SMILES string of the molecule is Cc1nc(-c2cccc(Br)c2)ccc1C(=O)N1CCC(OCc2ccccc2)CC1. The highest BCUT2D eigenvalue weighted by molar-refractivity contribution is 9.10. The first kappa shape index (κ1) is 20.8. The second kappa shape index (κ2) is 9.54. The Morgan fingerprint density at radius 3 is 2.53 bits per heavy atom. The first-order chi connectivity index (χ1) is 14.6. The highest BCUT2D eigenvalue weighted by Crippen LogP contribution is 2.24. The van der Waals surface area contributed by atoms with Crippen molar-refractivity contribution in [1.82, 2.24) is 9.88 Å². The fourth-order valence-corrected chi connectivity index (χ4v) is 4.18. The summed E-state index contributed by atoms with van der Waals surface area (Å²) in [5.41, 5.74) is 4.53. The number of hydrogen-bond acceptors (Lipinski definition) is 3. The normalized spacial score (nSPS) is 14.7. The fourth-order valence-electron chi connectivity index (χ4n) is 3.78. The molecule has 0 N–H and O–H groups in total. The number of carbonyl (C=O) groups excluding carboxylic acids is 1. The minimum atomic E-state index is 0.0577. The third-order valence-corrected chi connectivity index (χ3v) is 5.99. The molecule has 4 rings (SSSR count). The number of amides is 1. The zero-order chi connectivity index (χ0) is 20.9. The molecule has 0 atom stereocenters. The molecule has 154 valence electrons. The van der Waals surface area contributed by atoms with Gasteiger partial charge in [-0.15, -0.1) is 0 Å². The van der Waals surface area contributed by atoms with E-state index in [4.69, 9.17) is 4.74 Å². The fraction of sp³-hybridized carbons (Fsp3) is 0.280. The van der Waals surface area contributed by atoms with Gasteiger partial charge in [0.15, 0.2) is 0 Å². The maximum absolute atomic E-state index is 13.0. The van der Waals surface area contributed by atoms with Gasteiger partial charge in [-0.25, -0.2) is 0 Å². The molecule has 0 bridgehead atoms. The Balaban J connectivity index is 1.36. The lowest BCUT2D eigenvalue weighted by Crippen LogP contribution is -2.41. The number of ether oxygens (including phenoxy) is 1. The van der Waals surface area contributed by atoms with E-state index in [1.807, 2.05) is 66.4 Å². The van der Waals surface area contributed by atoms with Gasteiger partial charge in [-0.05, 0) is 49.6 Å². The average Bonchev–Trinajstić information content (AvgIpc) is 2.78. The van der Waals surface area contributed by atoms with Gasteiger partial charge >= 0.3 is 0 Å². The summed E-state index contributed by atoms with van der Waals surface area (Å²) in [5, 5.41) is 0. The van der Waals surface area contributed by atoms with Crippen molar-refractivity contribution in [1.29, 1.82) is 0 Å². The van der Waals surface area contributed by atoms with E-state index in [-0.39, 0.29) is 12.0 Å². The average molecular weight is 465 g/mol. The van der Waals surface area contributed by atoms with Crippen LogP contribution in [0.15, 0.2) is 71.2 Å². The minimum Gasteiger partial charge on any atom is -0.373 e. The molecular formula is C25H25BrN2O2. The molecule has 0 radical (unpaired) electrons. The zero-order valence-corrected chi connectivity index (χ0v) is 18.6. The van der Waals surface area contributed by atoms with Crippen LogP contribution in [0.5, 0.6) is 0 Å². The molecule has 30 heavy (non-hydrogen) atoms. The number of hydrogen-bond donors (Lipinski definition) is 0. The number of rotatable bonds is 5. The van der Waals surface area contributed by atoms with Crippen LogP contribution >= 0.6 is 15.9 Å². The number of halogens is 1. The van der Waals surface area contributed by atoms with Gasteiger partial charge in [0, 0.05) is 23.1 Å². The molecule has 0 spiro atoms. The van der Waals surface area contributed by atoms with Crippen molar-refractivity contribution in [2.45, 2.75) is 32.5 Å². The van der Waals surface area contributed by atoms with Crippen LogP contribution in [-0.4, -0.2) is 35.0 Å². The van der Waals surface area contributed by atoms with Crippen LogP contribution in [0.3, 0.4) is 0 Å². The van der Waals surface area contributed by atoms with Crippen LogP contribution in [0.25, 0.3) is 11.3 Å². The van der Waals surface area contributed by atoms with Crippen molar-refractivity contribution in [3.8, 4) is 11.3 Å². The molecule has 4 nitrogen and oxygen atoms in total. The summed E-state index contributed by atoms with van der Waals surface area (Å²) >= 11 is 3.50. The van der Waals surface area contributed by atoms with Crippen molar-refractivity contribution in [3.63, 3.8) is 0 Å². The minimum absolute atomic E-state index is 0.0577. The summed E-state index contributed by atoms with van der Waals surface area (Å²) in [7, 11) is 0. The molecule has 1 amide bonds. The number of pyridine rings is 1. The van der Waals surface area contributed by atoms with Crippen LogP contribution in [-0.2, 0) is 11.3 Å². The predicted molar refractivity (Wildman–Crippen MR) is 122 cm³/mol. The Labute approximate surface area is 186 Å². The number of aromatic nitrogens is 1. The Morgan fingerprint density at radius 2 is 1.83 bits per heavy atom. The van der Waals surface area contributed by atoms with Gasteiger partial charge < -0.3 is 9.64 Å². The molecule has 3 aromatic rings. The van der Waals surface area contributed by atoms with E-state index >= 15 is 0 Å². The smallest absolute Gasteiger partial charge is 0.255 e. The standard InChI is InChI=1S/C25H25BrN2O2/c1-18-23(10-11-24(27-18)20-8-5-9-21(26)16-20)25(29)28-14-12-22(13-15-28)30-17-19-6-3-2-4-7-19/h2-11,16,22H,12-15,17H2,1H3. The van der Waals surface area contributed by atoms with E-state index in [2.05, 4.69) is 33.0 Å². The number of piperidine rings is 1. The number of benzene rings is 2. The molecule has 5 heteroatoms. The van der Waals surface area contributed by atoms with Crippen molar-refractivity contribution >= 4 is 21.8 Å². The molecule has 2 heterocycles. The third-order valence-electron chi connectivity index (χ3n) is 5.49. The second-order valence-corrected chi connectivity index (χ2v) is 8.54. The van der Waals surface area contributed by atoms with Gasteiger partial charge in [0.2, 0.25) is 0 Å². The van der Waals surface area contributed by atoms with Crippen LogP contribution < -0.4 is 0 Å². The van der Waals surface area contributed by atoms with Gasteiger partial charge in [-0.1, -0.05) is 58.4 Å². The van der Waals surface area contributed by atoms with E-state index < -0.39 is 0 Å². The topological polar surface area (TPSA) is 42.4 Å². The Bertz CT molecular complexity index is 1010. The maximum Gasteiger partial charge on any atom is 0.255 e. The highest BCUT2D eigenvalue weighted by atomic mass is 79.9. The van der Waals surface area contributed by atoms with E-state index in [0.717, 1.165) is 34.3 Å². The molecule has 0 aliphatic carbocycles. The van der Waals surface area contributed by atoms with Gasteiger partial charge in [0.25, 0.3) is 5.91 Å². The van der Waals surface area contributed by atoms with Crippen molar-refractivity contribution in [2.75, 3.05) is 13.1 Å². The van der Waals surface area contributed by atoms with Crippen molar-refractivity contribution < 1.29 is 9.53 Å². The van der Waals surface area contributed by atoms with E-state index in [0.29, 0.717) is 25.3 Å². The number of nitrogens with zero attached hydrogens (tertiary/aromatic N) is 2. The summed E-state index contributed by atoms with van der Waals surface area (Å²) < 4.78 is 7.06. The Hall–Kier alpha value is -2.50. The predicted octanol–water partition coefficient (Wildman–Crippen LogP) is 5.64. The van der Waals surface area contributed by atoms with Crippen LogP contribution in [0, 0.1) is 6.92 Å². The van der Waals surface area contributed by atoms with Crippen LogP contribution in [0.2, 0.25) is 0 Å². The molecule has 0 unspecified atom stereocenters. The van der Waals surface area contributed by atoms with E-state index in [1.165, 1.54) is 5.56 Å². The first-order valence-electron chi connectivity index (χ1n) is 10.3. The lowest BCUT2D eigenvalue weighted by Gasteiger charge is -2.32. The summed E-state index contributed by atoms with van der Waals surface area (Å²) in [6.45, 7) is 3.96. The molecule has 1 fully saturated rings. The summed E-state index contributed by atoms with van der Waals surface area (Å²) in [6.07, 6.45) is 1.93. The van der Waals surface area contributed by atoms with Crippen LogP contribution in [0.1, 0.15) is 34.5 Å². The number of likely N-dealkylation sites (tertiary alicyclic amines) is 1. The Morgan fingerprint density at radius 1 is 1.07 bits per heavy atom. The first-order valence-corrected chi connectivity index (χ1v) is 11.1. The van der Waals surface area contributed by atoms with Crippen molar-refractivity contribution in [2.24, 2.45) is 0 Å². The van der Waals surface area contributed by atoms with E-state index in [1.54, 1.807) is 0 Å². The highest BCUT2D eigenvalue weighted by Gasteiger charge is 2.25. The summed E-state index contributed by atoms with van der Waals surface area (Å²) in [5.74, 6) is 0.0577. The van der Waals surface area contributed by atoms with Gasteiger partial charge in [-0.2, -0.15) is 0 Å². The zero-order valence-electron chi connectivity index (χ0n) is 17.1. The summed E-state index contributed by atoms with van der Waals surface area (Å²) in [6, 6.07) is 22.1. The molecule has 1 saturated heterocycles. The molecule has 0 saturated carbocycles. The van der Waals surface area contributed by atoms with Gasteiger partial charge in [0.1, 0.15) is 0 Å². The largest absolute Gasteiger partial charge is 0.373 e.